The molecule has 0 aliphatic carbocycles. The van der Waals surface area contributed by atoms with Crippen LogP contribution in [0.15, 0.2) is 24.4 Å². The molecule has 32 heavy (non-hydrogen) atoms. The van der Waals surface area contributed by atoms with Gasteiger partial charge in [0.25, 0.3) is 0 Å². The maximum atomic E-state index is 11.8. The summed E-state index contributed by atoms with van der Waals surface area (Å²) < 4.78 is 5.19. The van der Waals surface area contributed by atoms with E-state index in [-0.39, 0.29) is 5.97 Å². The number of nitriles is 1. The second-order valence-corrected chi connectivity index (χ2v) is 9.68. The number of nitrogens with zero attached hydrogens (tertiary/aromatic N) is 4. The molecule has 1 aromatic carbocycles. The molecule has 2 saturated heterocycles. The van der Waals surface area contributed by atoms with E-state index in [9.17, 15) is 4.79 Å². The van der Waals surface area contributed by atoms with Crippen molar-refractivity contribution in [3.8, 4) is 6.07 Å². The van der Waals surface area contributed by atoms with E-state index in [1.54, 1.807) is 6.20 Å². The first kappa shape index (κ1) is 21.0. The van der Waals surface area contributed by atoms with E-state index < -0.39 is 0 Å². The van der Waals surface area contributed by atoms with Crippen molar-refractivity contribution >= 4 is 11.8 Å². The summed E-state index contributed by atoms with van der Waals surface area (Å²) in [7, 11) is 0. The standard InChI is InChI=1S/C26H30N4O2/c1-18-13-24(28-15-21(18)14-27)30-12-8-26(17-30)6-10-29(11-7-26)9-5-20-3-4-22-23(19(20)2)16-32-25(22)31/h3-4,13,15H,5-12,16-17H2,1-2H3. The van der Waals surface area contributed by atoms with Crippen molar-refractivity contribution in [3.63, 3.8) is 0 Å². The van der Waals surface area contributed by atoms with E-state index in [4.69, 9.17) is 10.00 Å². The number of aryl methyl sites for hydroxylation is 1. The van der Waals surface area contributed by atoms with Gasteiger partial charge in [-0.15, -0.1) is 0 Å². The molecule has 4 heterocycles. The van der Waals surface area contributed by atoms with Crippen LogP contribution in [0.4, 0.5) is 5.82 Å². The Morgan fingerprint density at radius 1 is 1.19 bits per heavy atom. The summed E-state index contributed by atoms with van der Waals surface area (Å²) in [6, 6.07) is 8.31. The van der Waals surface area contributed by atoms with Gasteiger partial charge in [0.1, 0.15) is 18.5 Å². The number of pyridine rings is 1. The summed E-state index contributed by atoms with van der Waals surface area (Å²) in [6.07, 6.45) is 6.40. The molecule has 6 nitrogen and oxygen atoms in total. The fraction of sp³-hybridized carbons (Fsp3) is 0.500. The third-order valence-electron chi connectivity index (χ3n) is 7.87. The fourth-order valence-electron chi connectivity index (χ4n) is 5.57. The normalized spacial score (nSPS) is 19.8. The quantitative estimate of drug-likeness (QED) is 0.688. The van der Waals surface area contributed by atoms with Crippen LogP contribution in [-0.2, 0) is 17.8 Å². The van der Waals surface area contributed by atoms with E-state index in [1.807, 2.05) is 13.0 Å². The fourth-order valence-corrected chi connectivity index (χ4v) is 5.57. The van der Waals surface area contributed by atoms with Crippen molar-refractivity contribution in [3.05, 3.63) is 57.8 Å². The van der Waals surface area contributed by atoms with Gasteiger partial charge in [0.2, 0.25) is 0 Å². The first-order valence-corrected chi connectivity index (χ1v) is 11.6. The Balaban J connectivity index is 1.16. The van der Waals surface area contributed by atoms with Gasteiger partial charge in [0, 0.05) is 31.4 Å². The molecule has 3 aliphatic rings. The first-order chi connectivity index (χ1) is 15.5. The molecular formula is C26H30N4O2. The zero-order chi connectivity index (χ0) is 22.3. The molecule has 1 spiro atoms. The van der Waals surface area contributed by atoms with Crippen molar-refractivity contribution in [2.75, 3.05) is 37.6 Å². The van der Waals surface area contributed by atoms with Crippen molar-refractivity contribution in [1.82, 2.24) is 9.88 Å². The smallest absolute Gasteiger partial charge is 0.338 e. The minimum absolute atomic E-state index is 0.187. The van der Waals surface area contributed by atoms with Gasteiger partial charge in [0.15, 0.2) is 0 Å². The van der Waals surface area contributed by atoms with E-state index in [0.29, 0.717) is 17.6 Å². The van der Waals surface area contributed by atoms with Gasteiger partial charge in [-0.1, -0.05) is 6.07 Å². The van der Waals surface area contributed by atoms with E-state index in [0.717, 1.165) is 61.7 Å². The van der Waals surface area contributed by atoms with Crippen LogP contribution in [0.5, 0.6) is 0 Å². The Bertz CT molecular complexity index is 1100. The third kappa shape index (κ3) is 3.75. The van der Waals surface area contributed by atoms with Gasteiger partial charge in [-0.3, -0.25) is 0 Å². The molecular weight excluding hydrogens is 400 g/mol. The molecule has 0 amide bonds. The number of hydrogen-bond acceptors (Lipinski definition) is 6. The number of aromatic nitrogens is 1. The number of fused-ring (bicyclic) bond motifs is 1. The zero-order valence-corrected chi connectivity index (χ0v) is 19.0. The van der Waals surface area contributed by atoms with E-state index in [2.05, 4.69) is 39.9 Å². The summed E-state index contributed by atoms with van der Waals surface area (Å²) in [5.41, 5.74) is 6.42. The molecule has 3 aliphatic heterocycles. The molecule has 2 aromatic rings. The van der Waals surface area contributed by atoms with Gasteiger partial charge < -0.3 is 14.5 Å². The summed E-state index contributed by atoms with van der Waals surface area (Å²) in [4.78, 5) is 21.3. The van der Waals surface area contributed by atoms with Crippen LogP contribution in [-0.4, -0.2) is 48.6 Å². The maximum Gasteiger partial charge on any atom is 0.338 e. The van der Waals surface area contributed by atoms with E-state index in [1.165, 1.54) is 30.4 Å². The highest BCUT2D eigenvalue weighted by Gasteiger charge is 2.41. The number of anilines is 1. The molecule has 0 N–H and O–H groups in total. The highest BCUT2D eigenvalue weighted by atomic mass is 16.5. The third-order valence-corrected chi connectivity index (χ3v) is 7.87. The van der Waals surface area contributed by atoms with E-state index >= 15 is 0 Å². The van der Waals surface area contributed by atoms with Crippen LogP contribution < -0.4 is 4.90 Å². The number of carbonyl (C=O) groups is 1. The second-order valence-electron chi connectivity index (χ2n) is 9.68. The summed E-state index contributed by atoms with van der Waals surface area (Å²) in [5, 5.41) is 9.15. The lowest BCUT2D eigenvalue weighted by Gasteiger charge is -2.39. The molecule has 0 radical (unpaired) electrons. The Kier molecular flexibility index (Phi) is 5.38. The second kappa shape index (κ2) is 8.22. The number of carbonyl (C=O) groups excluding carboxylic acids is 1. The van der Waals surface area contributed by atoms with Crippen LogP contribution in [0, 0.1) is 30.6 Å². The molecule has 2 fully saturated rings. The number of ether oxygens (including phenoxy) is 1. The maximum absolute atomic E-state index is 11.8. The SMILES string of the molecule is Cc1cc(N2CCC3(CCN(CCc4ccc5c(c4C)COC5=O)CC3)C2)ncc1C#N. The number of hydrogen-bond donors (Lipinski definition) is 0. The molecule has 166 valence electrons. The molecule has 0 bridgehead atoms. The zero-order valence-electron chi connectivity index (χ0n) is 19.0. The number of cyclic esters (lactones) is 1. The van der Waals surface area contributed by atoms with Crippen LogP contribution in [0.1, 0.15) is 57.4 Å². The van der Waals surface area contributed by atoms with Gasteiger partial charge in [0.05, 0.1) is 11.1 Å². The largest absolute Gasteiger partial charge is 0.457 e. The summed E-state index contributed by atoms with van der Waals surface area (Å²) >= 11 is 0. The molecule has 6 heteroatoms. The Morgan fingerprint density at radius 3 is 2.72 bits per heavy atom. The lowest BCUT2D eigenvalue weighted by atomic mass is 9.77. The van der Waals surface area contributed by atoms with Crippen LogP contribution in [0.25, 0.3) is 0 Å². The van der Waals surface area contributed by atoms with Crippen molar-refractivity contribution < 1.29 is 9.53 Å². The highest BCUT2D eigenvalue weighted by molar-refractivity contribution is 5.93. The molecule has 0 unspecified atom stereocenters. The van der Waals surface area contributed by atoms with Gasteiger partial charge in [-0.25, -0.2) is 9.78 Å². The molecule has 1 aromatic heterocycles. The van der Waals surface area contributed by atoms with Gasteiger partial charge in [-0.2, -0.15) is 5.26 Å². The number of piperidine rings is 1. The van der Waals surface area contributed by atoms with Gasteiger partial charge in [-0.05, 0) is 86.9 Å². The van der Waals surface area contributed by atoms with Crippen molar-refractivity contribution in [2.24, 2.45) is 5.41 Å². The minimum Gasteiger partial charge on any atom is -0.457 e. The van der Waals surface area contributed by atoms with Gasteiger partial charge >= 0.3 is 5.97 Å². The first-order valence-electron chi connectivity index (χ1n) is 11.6. The minimum atomic E-state index is -0.187. The topological polar surface area (TPSA) is 69.5 Å². The van der Waals surface area contributed by atoms with Crippen LogP contribution in [0.3, 0.4) is 0 Å². The summed E-state index contributed by atoms with van der Waals surface area (Å²) in [5.74, 6) is 0.823. The number of rotatable bonds is 4. The number of esters is 1. The monoisotopic (exact) mass is 430 g/mol. The lowest BCUT2D eigenvalue weighted by Crippen LogP contribution is -2.42. The Morgan fingerprint density at radius 2 is 1.97 bits per heavy atom. The predicted molar refractivity (Wildman–Crippen MR) is 123 cm³/mol. The number of likely N-dealkylation sites (tertiary alicyclic amines) is 1. The molecule has 0 saturated carbocycles. The summed E-state index contributed by atoms with van der Waals surface area (Å²) in [6.45, 7) is 9.98. The molecule has 5 rings (SSSR count). The Labute approximate surface area is 189 Å². The van der Waals surface area contributed by atoms with Crippen LogP contribution in [0.2, 0.25) is 0 Å². The predicted octanol–water partition coefficient (Wildman–Crippen LogP) is 3.78. The van der Waals surface area contributed by atoms with Crippen LogP contribution >= 0.6 is 0 Å². The average molecular weight is 431 g/mol. The number of benzene rings is 1. The lowest BCUT2D eigenvalue weighted by molar-refractivity contribution is 0.0535. The van der Waals surface area contributed by atoms with Crippen molar-refractivity contribution in [2.45, 2.75) is 46.1 Å². The molecule has 0 atom stereocenters. The Hall–Kier alpha value is -2.91. The van der Waals surface area contributed by atoms with Crippen molar-refractivity contribution in [1.29, 1.82) is 5.26 Å². The average Bonchev–Trinajstić information content (AvgIpc) is 3.39. The highest BCUT2D eigenvalue weighted by Crippen LogP contribution is 2.41.